The van der Waals surface area contributed by atoms with Crippen molar-refractivity contribution in [3.8, 4) is 11.5 Å². The van der Waals surface area contributed by atoms with Gasteiger partial charge in [0.15, 0.2) is 11.5 Å². The average molecular weight is 544 g/mol. The van der Waals surface area contributed by atoms with Crippen molar-refractivity contribution in [1.29, 1.82) is 0 Å². The highest BCUT2D eigenvalue weighted by Gasteiger charge is 2.30. The second kappa shape index (κ2) is 12.2. The molecule has 0 saturated carbocycles. The van der Waals surface area contributed by atoms with Gasteiger partial charge < -0.3 is 9.84 Å². The summed E-state index contributed by atoms with van der Waals surface area (Å²) in [6, 6.07) is 15.3. The number of hydrazone groups is 1. The highest BCUT2D eigenvalue weighted by Crippen LogP contribution is 2.29. The summed E-state index contributed by atoms with van der Waals surface area (Å²) in [7, 11) is -4.05. The summed E-state index contributed by atoms with van der Waals surface area (Å²) in [5.41, 5.74) is 5.50. The predicted molar refractivity (Wildman–Crippen MR) is 145 cm³/mol. The zero-order chi connectivity index (χ0) is 27.2. The van der Waals surface area contributed by atoms with E-state index >= 15 is 0 Å². The summed E-state index contributed by atoms with van der Waals surface area (Å²) in [6.07, 6.45) is 1.27. The smallest absolute Gasteiger partial charge is 0.255 e. The summed E-state index contributed by atoms with van der Waals surface area (Å²) in [6.45, 7) is 7.03. The summed E-state index contributed by atoms with van der Waals surface area (Å²) >= 11 is 5.98. The molecule has 10 heteroatoms. The van der Waals surface area contributed by atoms with Crippen LogP contribution in [-0.2, 0) is 21.4 Å². The first-order valence-electron chi connectivity index (χ1n) is 11.6. The van der Waals surface area contributed by atoms with Gasteiger partial charge in [-0.15, -0.1) is 0 Å². The quantitative estimate of drug-likeness (QED) is 0.284. The number of sulfonamides is 1. The Morgan fingerprint density at radius 1 is 1.11 bits per heavy atom. The standard InChI is InChI=1S/C27H30ClN3O5S/c1-5-36-24-8-6-7-22(26(24)33)15-29-30-25(32)17-31(16-21-9-11-23(28)12-10-21)37(34,35)27-19(3)13-18(2)14-20(27)4/h6-15,33H,5,16-17H2,1-4H3,(H,30,32)/b29-15+. The third kappa shape index (κ3) is 7.09. The van der Waals surface area contributed by atoms with Crippen molar-refractivity contribution >= 4 is 33.7 Å². The largest absolute Gasteiger partial charge is 0.504 e. The predicted octanol–water partition coefficient (Wildman–Crippen LogP) is 4.71. The topological polar surface area (TPSA) is 108 Å². The molecule has 1 amide bonds. The number of amides is 1. The SMILES string of the molecule is CCOc1cccc(/C=N/NC(=O)CN(Cc2ccc(Cl)cc2)S(=O)(=O)c2c(C)cc(C)cc2C)c1O. The minimum atomic E-state index is -4.05. The molecule has 0 heterocycles. The molecule has 37 heavy (non-hydrogen) atoms. The van der Waals surface area contributed by atoms with Gasteiger partial charge in [0.05, 0.1) is 24.3 Å². The van der Waals surface area contributed by atoms with Crippen LogP contribution in [0.5, 0.6) is 11.5 Å². The van der Waals surface area contributed by atoms with E-state index in [1.807, 2.05) is 6.92 Å². The fourth-order valence-corrected chi connectivity index (χ4v) is 5.93. The van der Waals surface area contributed by atoms with E-state index in [2.05, 4.69) is 10.5 Å². The Morgan fingerprint density at radius 3 is 2.38 bits per heavy atom. The van der Waals surface area contributed by atoms with Gasteiger partial charge in [-0.3, -0.25) is 4.79 Å². The van der Waals surface area contributed by atoms with Crippen molar-refractivity contribution in [1.82, 2.24) is 9.73 Å². The lowest BCUT2D eigenvalue weighted by Gasteiger charge is -2.24. The third-order valence-electron chi connectivity index (χ3n) is 5.52. The first-order valence-corrected chi connectivity index (χ1v) is 13.4. The summed E-state index contributed by atoms with van der Waals surface area (Å²) < 4.78 is 34.0. The number of aryl methyl sites for hydroxylation is 3. The van der Waals surface area contributed by atoms with E-state index in [9.17, 15) is 18.3 Å². The van der Waals surface area contributed by atoms with Crippen molar-refractivity contribution in [3.05, 3.63) is 87.4 Å². The molecular formula is C27H30ClN3O5S. The van der Waals surface area contributed by atoms with E-state index in [4.69, 9.17) is 16.3 Å². The van der Waals surface area contributed by atoms with Gasteiger partial charge in [0.25, 0.3) is 5.91 Å². The number of hydrogen-bond donors (Lipinski definition) is 2. The van der Waals surface area contributed by atoms with E-state index in [0.29, 0.717) is 39.6 Å². The number of aromatic hydroxyl groups is 1. The highest BCUT2D eigenvalue weighted by atomic mass is 35.5. The molecule has 0 radical (unpaired) electrons. The van der Waals surface area contributed by atoms with Crippen molar-refractivity contribution < 1.29 is 23.1 Å². The van der Waals surface area contributed by atoms with Gasteiger partial charge >= 0.3 is 0 Å². The Hall–Kier alpha value is -3.40. The number of rotatable bonds is 10. The minimum Gasteiger partial charge on any atom is -0.504 e. The van der Waals surface area contributed by atoms with Crippen LogP contribution < -0.4 is 10.2 Å². The van der Waals surface area contributed by atoms with Crippen molar-refractivity contribution in [2.75, 3.05) is 13.2 Å². The maximum absolute atomic E-state index is 13.8. The van der Waals surface area contributed by atoms with E-state index in [1.54, 1.807) is 75.4 Å². The van der Waals surface area contributed by atoms with Crippen LogP contribution in [0.3, 0.4) is 0 Å². The van der Waals surface area contributed by atoms with Crippen molar-refractivity contribution in [3.63, 3.8) is 0 Å². The first kappa shape index (κ1) is 28.2. The zero-order valence-electron chi connectivity index (χ0n) is 21.2. The van der Waals surface area contributed by atoms with Gasteiger partial charge in [-0.1, -0.05) is 47.5 Å². The van der Waals surface area contributed by atoms with Gasteiger partial charge in [0.1, 0.15) is 0 Å². The van der Waals surface area contributed by atoms with Crippen molar-refractivity contribution in [2.24, 2.45) is 5.10 Å². The third-order valence-corrected chi connectivity index (χ3v) is 7.87. The molecule has 0 atom stereocenters. The first-order chi connectivity index (χ1) is 17.5. The molecule has 3 aromatic rings. The molecule has 0 fully saturated rings. The number of benzene rings is 3. The number of carbonyl (C=O) groups is 1. The normalized spacial score (nSPS) is 11.7. The fraction of sp³-hybridized carbons (Fsp3) is 0.259. The van der Waals surface area contributed by atoms with Crippen LogP contribution in [0.4, 0.5) is 0 Å². The van der Waals surface area contributed by atoms with Crippen LogP contribution in [0.25, 0.3) is 0 Å². The van der Waals surface area contributed by atoms with E-state index < -0.39 is 22.5 Å². The number of hydrogen-bond acceptors (Lipinski definition) is 6. The van der Waals surface area contributed by atoms with Gasteiger partial charge in [0, 0.05) is 17.1 Å². The van der Waals surface area contributed by atoms with Gasteiger partial charge in [-0.25, -0.2) is 13.8 Å². The number of para-hydroxylation sites is 1. The summed E-state index contributed by atoms with van der Waals surface area (Å²) in [5, 5.41) is 14.7. The molecule has 0 aliphatic rings. The second-order valence-electron chi connectivity index (χ2n) is 8.55. The van der Waals surface area contributed by atoms with E-state index in [-0.39, 0.29) is 17.2 Å². The lowest BCUT2D eigenvalue weighted by atomic mass is 10.1. The van der Waals surface area contributed by atoms with Crippen LogP contribution in [0, 0.1) is 20.8 Å². The Morgan fingerprint density at radius 2 is 1.76 bits per heavy atom. The molecule has 0 aliphatic carbocycles. The number of halogens is 1. The Labute approximate surface area is 222 Å². The molecule has 8 nitrogen and oxygen atoms in total. The molecule has 196 valence electrons. The molecule has 3 aromatic carbocycles. The number of carbonyl (C=O) groups excluding carboxylic acids is 1. The monoisotopic (exact) mass is 543 g/mol. The molecular weight excluding hydrogens is 514 g/mol. The zero-order valence-corrected chi connectivity index (χ0v) is 22.7. The molecule has 0 aromatic heterocycles. The van der Waals surface area contributed by atoms with E-state index in [0.717, 1.165) is 9.87 Å². The number of nitrogens with one attached hydrogen (secondary N) is 1. The van der Waals surface area contributed by atoms with E-state index in [1.165, 1.54) is 6.21 Å². The average Bonchev–Trinajstić information content (AvgIpc) is 2.81. The van der Waals surface area contributed by atoms with Crippen LogP contribution in [0.2, 0.25) is 5.02 Å². The minimum absolute atomic E-state index is 0.0411. The van der Waals surface area contributed by atoms with Gasteiger partial charge in [0.2, 0.25) is 10.0 Å². The maximum atomic E-state index is 13.8. The van der Waals surface area contributed by atoms with Gasteiger partial charge in [-0.2, -0.15) is 9.41 Å². The Kier molecular flexibility index (Phi) is 9.31. The molecule has 0 saturated heterocycles. The van der Waals surface area contributed by atoms with Crippen LogP contribution in [0.1, 0.15) is 34.7 Å². The summed E-state index contributed by atoms with van der Waals surface area (Å²) in [5.74, 6) is -0.460. The number of phenolic OH excluding ortho intramolecular Hbond substituents is 1. The molecule has 3 rings (SSSR count). The van der Waals surface area contributed by atoms with Crippen LogP contribution >= 0.6 is 11.6 Å². The molecule has 0 unspecified atom stereocenters. The molecule has 0 spiro atoms. The van der Waals surface area contributed by atoms with Crippen LogP contribution in [-0.4, -0.2) is 43.1 Å². The molecule has 2 N–H and O–H groups in total. The second-order valence-corrected chi connectivity index (χ2v) is 10.9. The van der Waals surface area contributed by atoms with Crippen LogP contribution in [0.15, 0.2) is 64.6 Å². The fourth-order valence-electron chi connectivity index (χ4n) is 4.01. The lowest BCUT2D eigenvalue weighted by molar-refractivity contribution is -0.121. The Bertz CT molecular complexity index is 1380. The number of phenols is 1. The number of ether oxygens (including phenoxy) is 1. The van der Waals surface area contributed by atoms with Gasteiger partial charge in [-0.05, 0) is 68.7 Å². The Balaban J connectivity index is 1.86. The maximum Gasteiger partial charge on any atom is 0.255 e. The molecule has 0 aliphatic heterocycles. The lowest BCUT2D eigenvalue weighted by Crippen LogP contribution is -2.39. The van der Waals surface area contributed by atoms with Crippen molar-refractivity contribution in [2.45, 2.75) is 39.1 Å². The molecule has 0 bridgehead atoms. The highest BCUT2D eigenvalue weighted by molar-refractivity contribution is 7.89. The summed E-state index contributed by atoms with van der Waals surface area (Å²) in [4.78, 5) is 13.0. The number of nitrogens with zero attached hydrogens (tertiary/aromatic N) is 2.